The Balaban J connectivity index is 0.00000350. The first-order valence-electron chi connectivity index (χ1n) is 19.3. The molecule has 15 heteroatoms. The van der Waals surface area contributed by atoms with Gasteiger partial charge in [-0.15, -0.1) is 0 Å². The molecule has 0 aliphatic heterocycles. The Morgan fingerprint density at radius 2 is 0.492 bits per heavy atom. The first kappa shape index (κ1) is 49.1. The van der Waals surface area contributed by atoms with E-state index in [0.717, 1.165) is 0 Å². The molecular weight excluding hydrogens is 1030 g/mol. The van der Waals surface area contributed by atoms with Crippen LogP contribution in [0, 0.1) is 58.2 Å². The fourth-order valence-corrected chi connectivity index (χ4v) is 16.6. The molecule has 0 N–H and O–H groups in total. The lowest BCUT2D eigenvalue weighted by Gasteiger charge is -2.28. The number of hydrogen-bond acceptors (Lipinski definition) is 1. The van der Waals surface area contributed by atoms with Crippen LogP contribution in [0.3, 0.4) is 0 Å². The lowest BCUT2D eigenvalue weighted by Crippen LogP contribution is -3.00. The van der Waals surface area contributed by atoms with Crippen molar-refractivity contribution in [3.63, 3.8) is 0 Å². The zero-order valence-electron chi connectivity index (χ0n) is 33.4. The molecule has 0 fully saturated rings. The maximum absolute atomic E-state index is 15.9. The summed E-state index contributed by atoms with van der Waals surface area (Å²) in [6.07, 6.45) is -0.268. The summed E-state index contributed by atoms with van der Waals surface area (Å²) >= 11 is 0. The minimum Gasteiger partial charge on any atom is -1.00 e. The largest absolute Gasteiger partial charge is 1.00 e. The highest BCUT2D eigenvalue weighted by molar-refractivity contribution is 7.95. The summed E-state index contributed by atoms with van der Waals surface area (Å²) in [5.41, 5.74) is 0.996. The lowest BCUT2D eigenvalue weighted by molar-refractivity contribution is -0.00100. The summed E-state index contributed by atoms with van der Waals surface area (Å²) in [6, 6.07) is 45.4. The Morgan fingerprint density at radius 3 is 0.723 bits per heavy atom. The topological polar surface area (TPSA) is 9.23 Å². The van der Waals surface area contributed by atoms with Gasteiger partial charge in [-0.1, -0.05) is 97.1 Å². The van der Waals surface area contributed by atoms with Crippen LogP contribution >= 0.6 is 14.5 Å². The van der Waals surface area contributed by atoms with Crippen LogP contribution in [0.5, 0.6) is 11.5 Å². The predicted octanol–water partition coefficient (Wildman–Crippen LogP) is 5.87. The van der Waals surface area contributed by atoms with Gasteiger partial charge >= 0.3 is 0 Å². The van der Waals surface area contributed by atoms with E-state index in [9.17, 15) is 26.3 Å². The van der Waals surface area contributed by atoms with E-state index in [2.05, 4.69) is 0 Å². The van der Waals surface area contributed by atoms with E-state index < -0.39 is 83.3 Å². The third-order valence-corrected chi connectivity index (χ3v) is 19.6. The third kappa shape index (κ3) is 9.01. The molecule has 8 aromatic carbocycles. The molecule has 0 aromatic heterocycles. The van der Waals surface area contributed by atoms with Gasteiger partial charge in [0.25, 0.3) is 0 Å². The van der Waals surface area contributed by atoms with Crippen LogP contribution in [-0.2, 0) is 12.3 Å². The molecule has 0 spiro atoms. The van der Waals surface area contributed by atoms with Gasteiger partial charge in [0.05, 0.1) is 12.3 Å². The molecule has 0 aliphatic rings. The summed E-state index contributed by atoms with van der Waals surface area (Å²) in [5, 5.41) is -0.278. The second-order valence-corrected chi connectivity index (χ2v) is 21.3. The highest BCUT2D eigenvalue weighted by atomic mass is 79.9. The van der Waals surface area contributed by atoms with Crippen LogP contribution in [-0.4, -0.2) is 0 Å². The van der Waals surface area contributed by atoms with Gasteiger partial charge in [0.1, 0.15) is 47.2 Å². The standard InChI is InChI=1S/C50H32F10OP2.2BrH/c51-39-41(53)45(57)49(46(58)42(39)54)62(35-13-5-1-6-14-35,36-15-7-2-8-16-36)29-31-21-25-33(26-22-31)61-34-27-23-32(24-28-34)30-63(37-17-9-3-10-18-37,38-19-11-4-12-20-38)50-47(59)43(55)40(52)44(56)48(50)60;;/h1-28H,29-30H2;2*1H/q+2;;/p-2. The maximum Gasteiger partial charge on any atom is 0.207 e. The summed E-state index contributed by atoms with van der Waals surface area (Å²) in [4.78, 5) is 0. The second kappa shape index (κ2) is 20.5. The Bertz CT molecular complexity index is 2580. The van der Waals surface area contributed by atoms with E-state index in [-0.39, 0.29) is 46.3 Å². The SMILES string of the molecule is Fc1c(F)c(F)c([P+](Cc2ccc(Oc3ccc(C[P+](c4ccccc4)(c4ccccc4)c4c(F)c(F)c(F)c(F)c4F)cc3)cc2)(c2ccccc2)c2ccccc2)c(F)c1F.[Br-].[Br-]. The van der Waals surface area contributed by atoms with Gasteiger partial charge in [-0.05, 0) is 83.9 Å². The number of ether oxygens (including phenoxy) is 1. The van der Waals surface area contributed by atoms with Crippen LogP contribution in [0.15, 0.2) is 170 Å². The molecule has 0 bridgehead atoms. The van der Waals surface area contributed by atoms with E-state index in [1.807, 2.05) is 0 Å². The zero-order chi connectivity index (χ0) is 44.5. The van der Waals surface area contributed by atoms with Gasteiger partial charge in [-0.25, -0.2) is 26.3 Å². The van der Waals surface area contributed by atoms with Crippen molar-refractivity contribution in [3.05, 3.63) is 239 Å². The molecule has 0 radical (unpaired) electrons. The Kier molecular flexibility index (Phi) is 15.5. The molecule has 332 valence electrons. The van der Waals surface area contributed by atoms with Gasteiger partial charge in [0.2, 0.25) is 58.2 Å². The summed E-state index contributed by atoms with van der Waals surface area (Å²) in [5.74, 6) is -19.7. The molecule has 0 saturated carbocycles. The fourth-order valence-electron chi connectivity index (χ4n) is 7.93. The molecule has 8 aromatic rings. The normalized spacial score (nSPS) is 11.4. The van der Waals surface area contributed by atoms with Crippen molar-refractivity contribution in [2.24, 2.45) is 0 Å². The molecule has 0 amide bonds. The number of rotatable bonds is 12. The third-order valence-electron chi connectivity index (χ3n) is 10.8. The molecule has 0 aliphatic carbocycles. The minimum absolute atomic E-state index is 0. The van der Waals surface area contributed by atoms with Gasteiger partial charge in [0, 0.05) is 0 Å². The molecule has 0 heterocycles. The van der Waals surface area contributed by atoms with Crippen molar-refractivity contribution < 1.29 is 82.6 Å². The fraction of sp³-hybridized carbons (Fsp3) is 0.0400. The van der Waals surface area contributed by atoms with Crippen molar-refractivity contribution in [1.29, 1.82) is 0 Å². The molecule has 65 heavy (non-hydrogen) atoms. The van der Waals surface area contributed by atoms with Gasteiger partial charge in [-0.2, -0.15) is 17.6 Å². The smallest absolute Gasteiger partial charge is 0.207 e. The molecule has 0 saturated heterocycles. The van der Waals surface area contributed by atoms with E-state index in [4.69, 9.17) is 4.74 Å². The maximum atomic E-state index is 15.9. The van der Waals surface area contributed by atoms with Crippen molar-refractivity contribution >= 4 is 46.4 Å². The summed E-state index contributed by atoms with van der Waals surface area (Å²) < 4.78 is 159. The second-order valence-electron chi connectivity index (χ2n) is 14.5. The van der Waals surface area contributed by atoms with Crippen molar-refractivity contribution in [2.45, 2.75) is 12.3 Å². The van der Waals surface area contributed by atoms with Gasteiger partial charge in [-0.3, -0.25) is 0 Å². The van der Waals surface area contributed by atoms with Crippen molar-refractivity contribution in [1.82, 2.24) is 0 Å². The number of hydrogen-bond donors (Lipinski definition) is 0. The van der Waals surface area contributed by atoms with Crippen molar-refractivity contribution in [2.75, 3.05) is 0 Å². The highest BCUT2D eigenvalue weighted by Gasteiger charge is 2.54. The van der Waals surface area contributed by atoms with Crippen molar-refractivity contribution in [3.8, 4) is 11.5 Å². The predicted molar refractivity (Wildman–Crippen MR) is 230 cm³/mol. The average Bonchev–Trinajstić information content (AvgIpc) is 3.33. The minimum atomic E-state index is -3.65. The Labute approximate surface area is 390 Å². The average molecular weight is 1060 g/mol. The van der Waals surface area contributed by atoms with E-state index >= 15 is 17.6 Å². The van der Waals surface area contributed by atoms with Crippen LogP contribution in [0.25, 0.3) is 0 Å². The molecule has 0 atom stereocenters. The van der Waals surface area contributed by atoms with E-state index in [0.29, 0.717) is 43.8 Å². The Hall–Kier alpha value is -5.32. The van der Waals surface area contributed by atoms with Gasteiger partial charge in [0.15, 0.2) is 10.6 Å². The Morgan fingerprint density at radius 1 is 0.277 bits per heavy atom. The van der Waals surface area contributed by atoms with Gasteiger partial charge < -0.3 is 38.7 Å². The first-order valence-corrected chi connectivity index (χ1v) is 23.2. The van der Waals surface area contributed by atoms with E-state index in [1.165, 1.54) is 0 Å². The molecule has 8 rings (SSSR count). The molecule has 0 unspecified atom stereocenters. The van der Waals surface area contributed by atoms with Crippen LogP contribution in [0.2, 0.25) is 0 Å². The number of halogens is 12. The van der Waals surface area contributed by atoms with Crippen LogP contribution < -0.4 is 70.5 Å². The van der Waals surface area contributed by atoms with E-state index in [1.54, 1.807) is 170 Å². The zero-order valence-corrected chi connectivity index (χ0v) is 38.4. The molecule has 1 nitrogen and oxygen atoms in total. The molecular formula is C50H32Br2F10OP2. The first-order chi connectivity index (χ1) is 30.4. The van der Waals surface area contributed by atoms with Crippen LogP contribution in [0.4, 0.5) is 43.9 Å². The number of benzene rings is 8. The lowest BCUT2D eigenvalue weighted by atomic mass is 10.2. The summed E-state index contributed by atoms with van der Waals surface area (Å²) in [7, 11) is -7.30. The quantitative estimate of drug-likeness (QED) is 0.0646. The summed E-state index contributed by atoms with van der Waals surface area (Å²) in [6.45, 7) is 0. The van der Waals surface area contributed by atoms with Crippen LogP contribution in [0.1, 0.15) is 11.1 Å². The highest BCUT2D eigenvalue weighted by Crippen LogP contribution is 2.61. The monoisotopic (exact) mass is 1060 g/mol.